The first kappa shape index (κ1) is 11.7. The summed E-state index contributed by atoms with van der Waals surface area (Å²) in [7, 11) is 1.69. The summed E-state index contributed by atoms with van der Waals surface area (Å²) in [6.45, 7) is -0.0344. The minimum atomic E-state index is -0.480. The molecule has 0 unspecified atom stereocenters. The molecule has 6 nitrogen and oxygen atoms in total. The van der Waals surface area contributed by atoms with E-state index >= 15 is 0 Å². The zero-order valence-corrected chi connectivity index (χ0v) is 8.95. The number of pyridine rings is 1. The fraction of sp³-hybridized carbons (Fsp3) is 0.375. The summed E-state index contributed by atoms with van der Waals surface area (Å²) in [5.74, 6) is 0.960. The zero-order valence-electron chi connectivity index (χ0n) is 8.14. The second-order valence-corrected chi connectivity index (χ2v) is 3.68. The largest absolute Gasteiger partial charge is 0.396 e. The van der Waals surface area contributed by atoms with Crippen molar-refractivity contribution >= 4 is 23.3 Å². The molecule has 82 valence electrons. The van der Waals surface area contributed by atoms with Gasteiger partial charge in [0.2, 0.25) is 0 Å². The quantitative estimate of drug-likeness (QED) is 0.447. The lowest BCUT2D eigenvalue weighted by molar-refractivity contribution is -0.388. The topological polar surface area (TPSA) is 88.3 Å². The van der Waals surface area contributed by atoms with Gasteiger partial charge in [0.15, 0.2) is 5.03 Å². The molecule has 0 aliphatic rings. The van der Waals surface area contributed by atoms with Gasteiger partial charge in [-0.2, -0.15) is 0 Å². The molecule has 0 saturated heterocycles. The second-order valence-electron chi connectivity index (χ2n) is 2.60. The number of nitrogens with one attached hydrogen (secondary N) is 1. The first-order valence-electron chi connectivity index (χ1n) is 4.26. The number of nitro groups is 1. The Morgan fingerprint density at radius 2 is 2.40 bits per heavy atom. The van der Waals surface area contributed by atoms with Crippen LogP contribution in [0.4, 0.5) is 11.5 Å². The summed E-state index contributed by atoms with van der Waals surface area (Å²) in [6.07, 6.45) is 0. The molecule has 0 aliphatic carbocycles. The lowest BCUT2D eigenvalue weighted by atomic mass is 10.4. The minimum Gasteiger partial charge on any atom is -0.396 e. The van der Waals surface area contributed by atoms with Crippen LogP contribution in [0, 0.1) is 10.1 Å². The van der Waals surface area contributed by atoms with E-state index in [0.29, 0.717) is 16.6 Å². The third kappa shape index (κ3) is 3.07. The molecule has 7 heteroatoms. The lowest BCUT2D eigenvalue weighted by Gasteiger charge is -2.03. The van der Waals surface area contributed by atoms with Crippen molar-refractivity contribution in [3.63, 3.8) is 0 Å². The number of anilines is 1. The van der Waals surface area contributed by atoms with Crippen LogP contribution in [0.15, 0.2) is 17.2 Å². The molecule has 1 aromatic heterocycles. The molecule has 15 heavy (non-hydrogen) atoms. The van der Waals surface area contributed by atoms with Crippen LogP contribution in [0.25, 0.3) is 0 Å². The number of rotatable bonds is 5. The number of nitrogens with zero attached hydrogens (tertiary/aromatic N) is 2. The van der Waals surface area contributed by atoms with Crippen molar-refractivity contribution in [2.45, 2.75) is 5.03 Å². The average Bonchev–Trinajstić information content (AvgIpc) is 2.25. The predicted octanol–water partition coefficient (Wildman–Crippen LogP) is 1.12. The van der Waals surface area contributed by atoms with Gasteiger partial charge in [-0.25, -0.2) is 4.98 Å². The van der Waals surface area contributed by atoms with E-state index in [1.165, 1.54) is 6.07 Å². The van der Waals surface area contributed by atoms with Crippen molar-refractivity contribution in [3.05, 3.63) is 22.2 Å². The van der Waals surface area contributed by atoms with Crippen molar-refractivity contribution in [2.75, 3.05) is 24.7 Å². The van der Waals surface area contributed by atoms with Gasteiger partial charge in [-0.05, 0) is 6.07 Å². The number of aromatic nitrogens is 1. The van der Waals surface area contributed by atoms with E-state index in [-0.39, 0.29) is 12.3 Å². The number of hydrogen-bond donors (Lipinski definition) is 2. The Balaban J connectivity index is 2.99. The number of aliphatic hydroxyl groups excluding tert-OH is 1. The van der Waals surface area contributed by atoms with Gasteiger partial charge >= 0.3 is 5.69 Å². The van der Waals surface area contributed by atoms with Crippen LogP contribution in [0.1, 0.15) is 0 Å². The zero-order chi connectivity index (χ0) is 11.3. The van der Waals surface area contributed by atoms with Crippen LogP contribution in [0.2, 0.25) is 0 Å². The monoisotopic (exact) mass is 229 g/mol. The summed E-state index contributed by atoms with van der Waals surface area (Å²) in [5, 5.41) is 22.4. The molecule has 1 rings (SSSR count). The summed E-state index contributed by atoms with van der Waals surface area (Å²) in [4.78, 5) is 14.2. The van der Waals surface area contributed by atoms with Crippen LogP contribution < -0.4 is 5.32 Å². The molecule has 0 amide bonds. The Hall–Kier alpha value is -1.34. The SMILES string of the molecule is CNc1ccc([N+](=O)[O-])c(SCCO)n1. The van der Waals surface area contributed by atoms with E-state index in [1.807, 2.05) is 0 Å². The molecule has 2 N–H and O–H groups in total. The molecule has 1 heterocycles. The van der Waals surface area contributed by atoms with Gasteiger partial charge in [-0.15, -0.1) is 0 Å². The van der Waals surface area contributed by atoms with Crippen LogP contribution in [-0.4, -0.2) is 34.4 Å². The Bertz CT molecular complexity index is 359. The molecule has 0 radical (unpaired) electrons. The normalized spacial score (nSPS) is 10.0. The maximum atomic E-state index is 10.7. The van der Waals surface area contributed by atoms with E-state index < -0.39 is 4.92 Å². The highest BCUT2D eigenvalue weighted by Gasteiger charge is 2.15. The average molecular weight is 229 g/mol. The van der Waals surface area contributed by atoms with Gasteiger partial charge in [0.25, 0.3) is 0 Å². The standard InChI is InChI=1S/C8H11N3O3S/c1-9-7-3-2-6(11(13)14)8(10-7)15-5-4-12/h2-3,12H,4-5H2,1H3,(H,9,10). The first-order chi connectivity index (χ1) is 7.19. The van der Waals surface area contributed by atoms with Crippen molar-refractivity contribution in [1.29, 1.82) is 0 Å². The van der Waals surface area contributed by atoms with Crippen LogP contribution in [-0.2, 0) is 0 Å². The Labute approximate surface area is 90.9 Å². The summed E-state index contributed by atoms with van der Waals surface area (Å²) in [5.41, 5.74) is -0.0348. The molecule has 0 bridgehead atoms. The molecular weight excluding hydrogens is 218 g/mol. The highest BCUT2D eigenvalue weighted by Crippen LogP contribution is 2.28. The second kappa shape index (κ2) is 5.52. The van der Waals surface area contributed by atoms with Crippen molar-refractivity contribution in [1.82, 2.24) is 4.98 Å². The highest BCUT2D eigenvalue weighted by atomic mass is 32.2. The van der Waals surface area contributed by atoms with Crippen molar-refractivity contribution in [3.8, 4) is 0 Å². The Kier molecular flexibility index (Phi) is 4.32. The predicted molar refractivity (Wildman–Crippen MR) is 58.2 cm³/mol. The number of aliphatic hydroxyl groups is 1. The van der Waals surface area contributed by atoms with Crippen LogP contribution >= 0.6 is 11.8 Å². The molecule has 0 aliphatic heterocycles. The van der Waals surface area contributed by atoms with Crippen molar-refractivity contribution in [2.24, 2.45) is 0 Å². The Morgan fingerprint density at radius 1 is 1.67 bits per heavy atom. The van der Waals surface area contributed by atoms with E-state index in [1.54, 1.807) is 13.1 Å². The maximum absolute atomic E-state index is 10.7. The van der Waals surface area contributed by atoms with Gasteiger partial charge in [0.05, 0.1) is 11.5 Å². The third-order valence-electron chi connectivity index (χ3n) is 1.62. The van der Waals surface area contributed by atoms with Gasteiger partial charge < -0.3 is 10.4 Å². The van der Waals surface area contributed by atoms with Gasteiger partial charge in [0.1, 0.15) is 5.82 Å². The smallest absolute Gasteiger partial charge is 0.301 e. The Morgan fingerprint density at radius 3 is 2.93 bits per heavy atom. The first-order valence-corrected chi connectivity index (χ1v) is 5.24. The molecule has 0 aromatic carbocycles. The number of hydrogen-bond acceptors (Lipinski definition) is 6. The summed E-state index contributed by atoms with van der Waals surface area (Å²) in [6, 6.07) is 2.94. The van der Waals surface area contributed by atoms with E-state index in [0.717, 1.165) is 11.8 Å². The maximum Gasteiger partial charge on any atom is 0.301 e. The fourth-order valence-corrected chi connectivity index (χ4v) is 1.70. The van der Waals surface area contributed by atoms with Gasteiger partial charge in [-0.1, -0.05) is 11.8 Å². The van der Waals surface area contributed by atoms with E-state index in [4.69, 9.17) is 5.11 Å². The third-order valence-corrected chi connectivity index (χ3v) is 2.58. The summed E-state index contributed by atoms with van der Waals surface area (Å²) >= 11 is 1.16. The molecule has 0 saturated carbocycles. The fourth-order valence-electron chi connectivity index (χ4n) is 0.960. The molecule has 0 spiro atoms. The van der Waals surface area contributed by atoms with Crippen LogP contribution in [0.5, 0.6) is 0 Å². The van der Waals surface area contributed by atoms with Crippen molar-refractivity contribution < 1.29 is 10.0 Å². The molecule has 1 aromatic rings. The van der Waals surface area contributed by atoms with Gasteiger partial charge in [-0.3, -0.25) is 10.1 Å². The molecule has 0 fully saturated rings. The molecule has 0 atom stereocenters. The molecular formula is C8H11N3O3S. The highest BCUT2D eigenvalue weighted by molar-refractivity contribution is 7.99. The van der Waals surface area contributed by atoms with E-state index in [9.17, 15) is 10.1 Å². The summed E-state index contributed by atoms with van der Waals surface area (Å²) < 4.78 is 0. The number of thioether (sulfide) groups is 1. The van der Waals surface area contributed by atoms with E-state index in [2.05, 4.69) is 10.3 Å². The van der Waals surface area contributed by atoms with Gasteiger partial charge in [0, 0.05) is 18.9 Å². The minimum absolute atomic E-state index is 0.0344. The van der Waals surface area contributed by atoms with Crippen LogP contribution in [0.3, 0.4) is 0 Å². The lowest BCUT2D eigenvalue weighted by Crippen LogP contribution is -1.99.